The molecule has 1 aromatic heterocycles. The molecule has 0 unspecified atom stereocenters. The molecule has 2 aromatic carbocycles. The Morgan fingerprint density at radius 1 is 0.943 bits per heavy atom. The third kappa shape index (κ3) is 5.83. The molecule has 35 heavy (non-hydrogen) atoms. The summed E-state index contributed by atoms with van der Waals surface area (Å²) < 4.78 is 11.0. The molecule has 0 atom stereocenters. The van der Waals surface area contributed by atoms with Crippen molar-refractivity contribution in [2.24, 2.45) is 0 Å². The van der Waals surface area contributed by atoms with Gasteiger partial charge >= 0.3 is 0 Å². The first-order valence-electron chi connectivity index (χ1n) is 11.0. The minimum atomic E-state index is -0.124. The van der Waals surface area contributed by atoms with Gasteiger partial charge in [0.15, 0.2) is 29.7 Å². The summed E-state index contributed by atoms with van der Waals surface area (Å²) in [5, 5.41) is 9.73. The number of carbonyl (C=O) groups excluding carboxylic acids is 2. The zero-order valence-corrected chi connectivity index (χ0v) is 20.8. The maximum Gasteiger partial charge on any atom is 0.260 e. The number of anilines is 1. The minimum absolute atomic E-state index is 0.0723. The molecular formula is C25H24Cl2N4O4. The maximum absolute atomic E-state index is 12.7. The third-order valence-corrected chi connectivity index (χ3v) is 6.28. The number of benzene rings is 2. The van der Waals surface area contributed by atoms with Crippen LogP contribution in [0.15, 0.2) is 48.5 Å². The number of rotatable bonds is 7. The number of aromatic nitrogens is 2. The maximum atomic E-state index is 12.7. The standard InChI is InChI=1S/C25H24Cl2N4O4/c1-16(32)17-3-7-22(23(13-17)34-2)35-15-25(33)31-11-9-30(10-12-31)24-8-6-21(28-29-24)19-5-4-18(26)14-20(19)27/h3-8,13-14H,9-12,15H2,1-2H3. The largest absolute Gasteiger partial charge is 0.493 e. The van der Waals surface area contributed by atoms with Crippen molar-refractivity contribution < 1.29 is 19.1 Å². The van der Waals surface area contributed by atoms with E-state index in [-0.39, 0.29) is 18.3 Å². The molecule has 1 saturated heterocycles. The number of ether oxygens (including phenoxy) is 2. The highest BCUT2D eigenvalue weighted by Gasteiger charge is 2.23. The van der Waals surface area contributed by atoms with Gasteiger partial charge in [0, 0.05) is 42.3 Å². The van der Waals surface area contributed by atoms with E-state index in [2.05, 4.69) is 15.1 Å². The first kappa shape index (κ1) is 24.8. The molecule has 10 heteroatoms. The summed E-state index contributed by atoms with van der Waals surface area (Å²) >= 11 is 12.2. The van der Waals surface area contributed by atoms with E-state index in [1.54, 1.807) is 35.2 Å². The lowest BCUT2D eigenvalue weighted by Crippen LogP contribution is -2.50. The van der Waals surface area contributed by atoms with Gasteiger partial charge in [0.2, 0.25) is 0 Å². The van der Waals surface area contributed by atoms with Gasteiger partial charge in [0.05, 0.1) is 17.8 Å². The predicted molar refractivity (Wildman–Crippen MR) is 135 cm³/mol. The lowest BCUT2D eigenvalue weighted by Gasteiger charge is -2.35. The van der Waals surface area contributed by atoms with Crippen LogP contribution >= 0.6 is 23.2 Å². The van der Waals surface area contributed by atoms with E-state index in [0.717, 1.165) is 11.4 Å². The summed E-state index contributed by atoms with van der Waals surface area (Å²) in [5.74, 6) is 1.37. The number of halogens is 2. The van der Waals surface area contributed by atoms with Crippen molar-refractivity contribution in [2.45, 2.75) is 6.92 Å². The highest BCUT2D eigenvalue weighted by Crippen LogP contribution is 2.30. The van der Waals surface area contributed by atoms with E-state index in [1.807, 2.05) is 18.2 Å². The van der Waals surface area contributed by atoms with Crippen LogP contribution in [0.5, 0.6) is 11.5 Å². The Labute approximate surface area is 213 Å². The van der Waals surface area contributed by atoms with Crippen LogP contribution in [0.3, 0.4) is 0 Å². The number of carbonyl (C=O) groups is 2. The van der Waals surface area contributed by atoms with Crippen LogP contribution in [0.4, 0.5) is 5.82 Å². The number of Topliss-reactive ketones (excluding diaryl/α,β-unsaturated/α-hetero) is 1. The van der Waals surface area contributed by atoms with Crippen molar-refractivity contribution >= 4 is 40.7 Å². The van der Waals surface area contributed by atoms with E-state index in [1.165, 1.54) is 14.0 Å². The van der Waals surface area contributed by atoms with Crippen molar-refractivity contribution in [3.8, 4) is 22.8 Å². The lowest BCUT2D eigenvalue weighted by atomic mass is 10.1. The van der Waals surface area contributed by atoms with Crippen LogP contribution in [0.25, 0.3) is 11.3 Å². The second-order valence-corrected chi connectivity index (χ2v) is 8.82. The van der Waals surface area contributed by atoms with Gasteiger partial charge < -0.3 is 19.3 Å². The second kappa shape index (κ2) is 10.9. The zero-order valence-electron chi connectivity index (χ0n) is 19.3. The normalized spacial score (nSPS) is 13.5. The minimum Gasteiger partial charge on any atom is -0.493 e. The van der Waals surface area contributed by atoms with Crippen LogP contribution in [-0.4, -0.2) is 66.7 Å². The Morgan fingerprint density at radius 3 is 2.34 bits per heavy atom. The van der Waals surface area contributed by atoms with Crippen molar-refractivity contribution in [1.29, 1.82) is 0 Å². The van der Waals surface area contributed by atoms with Crippen molar-refractivity contribution in [3.63, 3.8) is 0 Å². The van der Waals surface area contributed by atoms with Gasteiger partial charge in [0.25, 0.3) is 5.91 Å². The van der Waals surface area contributed by atoms with E-state index in [4.69, 9.17) is 32.7 Å². The molecule has 0 bridgehead atoms. The van der Waals surface area contributed by atoms with E-state index in [9.17, 15) is 9.59 Å². The van der Waals surface area contributed by atoms with Gasteiger partial charge in [-0.2, -0.15) is 0 Å². The van der Waals surface area contributed by atoms with E-state index < -0.39 is 0 Å². The number of methoxy groups -OCH3 is 1. The van der Waals surface area contributed by atoms with Gasteiger partial charge in [-0.25, -0.2) is 0 Å². The first-order valence-corrected chi connectivity index (χ1v) is 11.7. The summed E-state index contributed by atoms with van der Waals surface area (Å²) in [6, 6.07) is 13.9. The number of hydrogen-bond donors (Lipinski definition) is 0. The third-order valence-electron chi connectivity index (χ3n) is 5.74. The second-order valence-electron chi connectivity index (χ2n) is 7.98. The number of amides is 1. The quantitative estimate of drug-likeness (QED) is 0.432. The summed E-state index contributed by atoms with van der Waals surface area (Å²) in [5.41, 5.74) is 1.94. The Balaban J connectivity index is 1.31. The van der Waals surface area contributed by atoms with Gasteiger partial charge in [0.1, 0.15) is 0 Å². The van der Waals surface area contributed by atoms with Crippen LogP contribution in [-0.2, 0) is 4.79 Å². The fourth-order valence-corrected chi connectivity index (χ4v) is 4.26. The highest BCUT2D eigenvalue weighted by molar-refractivity contribution is 6.36. The Bertz CT molecular complexity index is 1230. The van der Waals surface area contributed by atoms with Gasteiger partial charge in [-0.05, 0) is 55.5 Å². The molecule has 0 spiro atoms. The topological polar surface area (TPSA) is 84.9 Å². The fraction of sp³-hybridized carbons (Fsp3) is 0.280. The number of piperazine rings is 1. The lowest BCUT2D eigenvalue weighted by molar-refractivity contribution is -0.133. The van der Waals surface area contributed by atoms with Crippen molar-refractivity contribution in [3.05, 3.63) is 64.1 Å². The smallest absolute Gasteiger partial charge is 0.260 e. The molecule has 4 rings (SSSR count). The molecule has 0 N–H and O–H groups in total. The molecule has 1 aliphatic heterocycles. The average Bonchev–Trinajstić information content (AvgIpc) is 2.87. The van der Waals surface area contributed by atoms with Crippen LogP contribution in [0.2, 0.25) is 10.0 Å². The Morgan fingerprint density at radius 2 is 1.71 bits per heavy atom. The molecular weight excluding hydrogens is 491 g/mol. The van der Waals surface area contributed by atoms with Crippen LogP contribution < -0.4 is 14.4 Å². The SMILES string of the molecule is COc1cc(C(C)=O)ccc1OCC(=O)N1CCN(c2ccc(-c3ccc(Cl)cc3Cl)nn2)CC1. The molecule has 1 amide bonds. The van der Waals surface area contributed by atoms with Gasteiger partial charge in [-0.3, -0.25) is 9.59 Å². The van der Waals surface area contributed by atoms with Crippen LogP contribution in [0.1, 0.15) is 17.3 Å². The molecule has 8 nitrogen and oxygen atoms in total. The molecule has 1 aliphatic rings. The van der Waals surface area contributed by atoms with E-state index in [0.29, 0.717) is 59.0 Å². The first-order chi connectivity index (χ1) is 16.9. The van der Waals surface area contributed by atoms with Crippen molar-refractivity contribution in [2.75, 3.05) is 44.8 Å². The molecule has 0 radical (unpaired) electrons. The fourth-order valence-electron chi connectivity index (χ4n) is 3.76. The number of ketones is 1. The summed E-state index contributed by atoms with van der Waals surface area (Å²) in [6.45, 7) is 3.68. The van der Waals surface area contributed by atoms with Crippen molar-refractivity contribution in [1.82, 2.24) is 15.1 Å². The molecule has 2 heterocycles. The summed E-state index contributed by atoms with van der Waals surface area (Å²) in [4.78, 5) is 28.1. The molecule has 0 aliphatic carbocycles. The monoisotopic (exact) mass is 514 g/mol. The highest BCUT2D eigenvalue weighted by atomic mass is 35.5. The summed E-state index contributed by atoms with van der Waals surface area (Å²) in [6.07, 6.45) is 0. The number of nitrogens with zero attached hydrogens (tertiary/aromatic N) is 4. The van der Waals surface area contributed by atoms with E-state index >= 15 is 0 Å². The Hall–Kier alpha value is -3.36. The number of hydrogen-bond acceptors (Lipinski definition) is 7. The average molecular weight is 515 g/mol. The molecule has 1 fully saturated rings. The van der Waals surface area contributed by atoms with Gasteiger partial charge in [-0.1, -0.05) is 23.2 Å². The van der Waals surface area contributed by atoms with Gasteiger partial charge in [-0.15, -0.1) is 10.2 Å². The zero-order chi connectivity index (χ0) is 24.9. The molecule has 0 saturated carbocycles. The Kier molecular flexibility index (Phi) is 7.73. The predicted octanol–water partition coefficient (Wildman–Crippen LogP) is 4.39. The molecule has 3 aromatic rings. The molecule has 182 valence electrons. The van der Waals surface area contributed by atoms with Crippen LogP contribution in [0, 0.1) is 0 Å². The summed E-state index contributed by atoms with van der Waals surface area (Å²) in [7, 11) is 1.49.